The van der Waals surface area contributed by atoms with Crippen LogP contribution in [0.5, 0.6) is 0 Å². The van der Waals surface area contributed by atoms with Crippen LogP contribution in [0.2, 0.25) is 0 Å². The molecule has 2 heteroatoms. The zero-order valence-electron chi connectivity index (χ0n) is 40.0. The quantitative estimate of drug-likeness (QED) is 0.155. The fourth-order valence-electron chi connectivity index (χ4n) is 12.7. The lowest BCUT2D eigenvalue weighted by Gasteiger charge is -2.39. The Kier molecular flexibility index (Phi) is 9.21. The number of anilines is 3. The summed E-state index contributed by atoms with van der Waals surface area (Å²) in [4.78, 5) is 2.45. The van der Waals surface area contributed by atoms with Crippen molar-refractivity contribution in [3.8, 4) is 61.3 Å². The molecule has 0 radical (unpaired) electrons. The molecule has 0 amide bonds. The van der Waals surface area contributed by atoms with E-state index in [0.717, 1.165) is 33.8 Å². The van der Waals surface area contributed by atoms with Gasteiger partial charge in [0, 0.05) is 27.7 Å². The van der Waals surface area contributed by atoms with Crippen LogP contribution in [0.3, 0.4) is 0 Å². The first-order valence-electron chi connectivity index (χ1n) is 25.3. The highest BCUT2D eigenvalue weighted by atomic mass is 15.1. The monoisotopic (exact) mass is 926 g/mol. The predicted octanol–water partition coefficient (Wildman–Crippen LogP) is 18.8. The second kappa shape index (κ2) is 16.3. The van der Waals surface area contributed by atoms with Crippen LogP contribution in [0.25, 0.3) is 93.9 Å². The van der Waals surface area contributed by atoms with Gasteiger partial charge in [0.25, 0.3) is 0 Å². The minimum absolute atomic E-state index is 0.537. The summed E-state index contributed by atoms with van der Waals surface area (Å²) in [6.45, 7) is 0. The Labute approximate surface area is 425 Å². The Morgan fingerprint density at radius 2 is 0.863 bits per heavy atom. The number of nitrogens with zero attached hydrogens (tertiary/aromatic N) is 2. The number of hydrogen-bond acceptors (Lipinski definition) is 1. The molecule has 340 valence electrons. The van der Waals surface area contributed by atoms with Crippen LogP contribution in [-0.2, 0) is 5.41 Å². The molecule has 2 nitrogen and oxygen atoms in total. The SMILES string of the molecule is c1ccc(-c2cccc(-c3ccccc3N(c3ccc(-c4cccc5ccccc45)cc3)c3cccc(-c4ccc5c(c4)C4(c6ccccc6-5)c5ccccc5-n5c6ccccc6c6cccc4c65)c3)c2)cc1. The second-order valence-corrected chi connectivity index (χ2v) is 19.6. The van der Waals surface area contributed by atoms with E-state index in [4.69, 9.17) is 0 Å². The fraction of sp³-hybridized carbons (Fsp3) is 0.0141. The molecule has 15 rings (SSSR count). The molecule has 1 aliphatic heterocycles. The van der Waals surface area contributed by atoms with Gasteiger partial charge in [-0.05, 0) is 138 Å². The lowest BCUT2D eigenvalue weighted by Crippen LogP contribution is -2.33. The Morgan fingerprint density at radius 3 is 1.75 bits per heavy atom. The maximum Gasteiger partial charge on any atom is 0.0754 e. The molecule has 13 aromatic rings. The van der Waals surface area contributed by atoms with Crippen molar-refractivity contribution in [1.82, 2.24) is 4.57 Å². The molecule has 1 aromatic heterocycles. The van der Waals surface area contributed by atoms with E-state index < -0.39 is 5.41 Å². The van der Waals surface area contributed by atoms with E-state index in [0.29, 0.717) is 0 Å². The Morgan fingerprint density at radius 1 is 0.288 bits per heavy atom. The molecule has 2 aliphatic rings. The van der Waals surface area contributed by atoms with Crippen LogP contribution in [0.15, 0.2) is 279 Å². The van der Waals surface area contributed by atoms with Crippen LogP contribution in [0.1, 0.15) is 22.3 Å². The fourth-order valence-corrected chi connectivity index (χ4v) is 12.7. The molecule has 0 N–H and O–H groups in total. The van der Waals surface area contributed by atoms with Crippen LogP contribution >= 0.6 is 0 Å². The van der Waals surface area contributed by atoms with Crippen molar-refractivity contribution in [1.29, 1.82) is 0 Å². The van der Waals surface area contributed by atoms with Gasteiger partial charge in [0.05, 0.1) is 27.8 Å². The average Bonchev–Trinajstić information content (AvgIpc) is 3.96. The van der Waals surface area contributed by atoms with Crippen LogP contribution in [0.4, 0.5) is 17.1 Å². The maximum atomic E-state index is 2.52. The predicted molar refractivity (Wildman–Crippen MR) is 306 cm³/mol. The summed E-state index contributed by atoms with van der Waals surface area (Å²) in [5.74, 6) is 0. The molecule has 0 bridgehead atoms. The maximum absolute atomic E-state index is 2.52. The third-order valence-corrected chi connectivity index (χ3v) is 15.8. The van der Waals surface area contributed by atoms with Crippen molar-refractivity contribution >= 4 is 49.6 Å². The third kappa shape index (κ3) is 6.17. The molecular formula is C71H46N2. The van der Waals surface area contributed by atoms with Gasteiger partial charge in [-0.15, -0.1) is 0 Å². The van der Waals surface area contributed by atoms with Crippen LogP contribution in [0, 0.1) is 0 Å². The third-order valence-electron chi connectivity index (χ3n) is 15.8. The first kappa shape index (κ1) is 41.3. The van der Waals surface area contributed by atoms with E-state index in [1.165, 1.54) is 99.5 Å². The van der Waals surface area contributed by atoms with Gasteiger partial charge in [-0.1, -0.05) is 224 Å². The molecule has 0 saturated carbocycles. The van der Waals surface area contributed by atoms with Crippen molar-refractivity contribution in [3.05, 3.63) is 301 Å². The Bertz CT molecular complexity index is 4330. The number of para-hydroxylation sites is 4. The summed E-state index contributed by atoms with van der Waals surface area (Å²) in [5, 5.41) is 5.06. The van der Waals surface area contributed by atoms with E-state index in [1.807, 2.05) is 0 Å². The van der Waals surface area contributed by atoms with Crippen LogP contribution in [-0.4, -0.2) is 4.57 Å². The Hall–Kier alpha value is -9.50. The lowest BCUT2D eigenvalue weighted by molar-refractivity contribution is 0.749. The van der Waals surface area contributed by atoms with E-state index in [2.05, 4.69) is 289 Å². The standard InChI is InChI=1S/C71H46N2/c1-2-18-47(19-3-1)50-22-14-24-53(44-50)58-27-7-11-35-67(58)72(54-41-38-49(39-42-54)57-30-16-21-48-20-4-5-26-56(48)57)55-25-15-23-51(45-55)52-40-43-60-59-28-6-9-32-63(59)71(66(60)46-52)64-33-10-13-37-69(64)73-68-36-12-8-29-61(68)62-31-17-34-65(71)70(62)73/h1-46H. The highest BCUT2D eigenvalue weighted by molar-refractivity contribution is 6.13. The summed E-state index contributed by atoms with van der Waals surface area (Å²) in [6.07, 6.45) is 0. The van der Waals surface area contributed by atoms with Gasteiger partial charge < -0.3 is 9.47 Å². The summed E-state index contributed by atoms with van der Waals surface area (Å²) >= 11 is 0. The lowest BCUT2D eigenvalue weighted by atomic mass is 9.65. The van der Waals surface area contributed by atoms with Gasteiger partial charge in [0.1, 0.15) is 0 Å². The number of rotatable bonds is 7. The van der Waals surface area contributed by atoms with Crippen molar-refractivity contribution in [3.63, 3.8) is 0 Å². The van der Waals surface area contributed by atoms with E-state index >= 15 is 0 Å². The zero-order chi connectivity index (χ0) is 48.0. The van der Waals surface area contributed by atoms with Gasteiger partial charge in [0.15, 0.2) is 0 Å². The molecule has 2 heterocycles. The normalized spacial score (nSPS) is 14.1. The molecular weight excluding hydrogens is 881 g/mol. The summed E-state index contributed by atoms with van der Waals surface area (Å²) in [6, 6.07) is 103. The van der Waals surface area contributed by atoms with Crippen molar-refractivity contribution in [2.24, 2.45) is 0 Å². The summed E-state index contributed by atoms with van der Waals surface area (Å²) in [7, 11) is 0. The largest absolute Gasteiger partial charge is 0.310 e. The molecule has 0 fully saturated rings. The molecule has 1 atom stereocenters. The van der Waals surface area contributed by atoms with Crippen molar-refractivity contribution in [2.75, 3.05) is 4.90 Å². The van der Waals surface area contributed by atoms with Gasteiger partial charge in [0.2, 0.25) is 0 Å². The number of benzene rings is 12. The van der Waals surface area contributed by atoms with E-state index in [-0.39, 0.29) is 0 Å². The van der Waals surface area contributed by atoms with Gasteiger partial charge in [-0.3, -0.25) is 0 Å². The molecule has 1 aliphatic carbocycles. The first-order chi connectivity index (χ1) is 36.2. The van der Waals surface area contributed by atoms with Crippen molar-refractivity contribution in [2.45, 2.75) is 5.41 Å². The topological polar surface area (TPSA) is 8.17 Å². The second-order valence-electron chi connectivity index (χ2n) is 19.6. The van der Waals surface area contributed by atoms with Crippen LogP contribution < -0.4 is 4.90 Å². The van der Waals surface area contributed by atoms with Gasteiger partial charge in [-0.25, -0.2) is 0 Å². The minimum Gasteiger partial charge on any atom is -0.310 e. The average molecular weight is 927 g/mol. The molecule has 73 heavy (non-hydrogen) atoms. The smallest absolute Gasteiger partial charge is 0.0754 e. The summed E-state index contributed by atoms with van der Waals surface area (Å²) in [5.41, 5.74) is 23.8. The minimum atomic E-state index is -0.537. The zero-order valence-corrected chi connectivity index (χ0v) is 40.0. The number of aromatic nitrogens is 1. The number of fused-ring (bicyclic) bond motifs is 13. The van der Waals surface area contributed by atoms with Crippen molar-refractivity contribution < 1.29 is 0 Å². The van der Waals surface area contributed by atoms with E-state index in [1.54, 1.807) is 0 Å². The highest BCUT2D eigenvalue weighted by Gasteiger charge is 2.50. The number of hydrogen-bond donors (Lipinski definition) is 0. The Balaban J connectivity index is 0.920. The van der Waals surface area contributed by atoms with Gasteiger partial charge in [-0.2, -0.15) is 0 Å². The van der Waals surface area contributed by atoms with E-state index in [9.17, 15) is 0 Å². The summed E-state index contributed by atoms with van der Waals surface area (Å²) < 4.78 is 2.52. The molecule has 12 aromatic carbocycles. The molecule has 1 spiro atoms. The molecule has 0 saturated heterocycles. The highest BCUT2D eigenvalue weighted by Crippen LogP contribution is 2.61. The van der Waals surface area contributed by atoms with Gasteiger partial charge >= 0.3 is 0 Å². The molecule has 1 unspecified atom stereocenters. The first-order valence-corrected chi connectivity index (χ1v) is 25.3.